The largest absolute Gasteiger partial charge is 0.522 e. The van der Waals surface area contributed by atoms with Gasteiger partial charge in [0.25, 0.3) is 0 Å². The molecule has 0 bridgehead atoms. The first-order valence-electron chi connectivity index (χ1n) is 7.52. The van der Waals surface area contributed by atoms with Crippen molar-refractivity contribution in [2.75, 3.05) is 0 Å². The summed E-state index contributed by atoms with van der Waals surface area (Å²) in [6.45, 7) is 0. The predicted molar refractivity (Wildman–Crippen MR) is 104 cm³/mol. The predicted octanol–water partition coefficient (Wildman–Crippen LogP) is 5.51. The summed E-state index contributed by atoms with van der Waals surface area (Å²) in [5, 5.41) is 0. The number of hydrogen-bond acceptors (Lipinski definition) is 2. The van der Waals surface area contributed by atoms with Gasteiger partial charge in [0.2, 0.25) is 0 Å². The van der Waals surface area contributed by atoms with Crippen molar-refractivity contribution >= 4 is 23.6 Å². The van der Waals surface area contributed by atoms with Crippen LogP contribution in [0, 0.1) is 0 Å². The molecule has 0 aromatic heterocycles. The third-order valence-electron chi connectivity index (χ3n) is 3.93. The summed E-state index contributed by atoms with van der Waals surface area (Å²) in [6.07, 6.45) is 0. The van der Waals surface area contributed by atoms with E-state index in [1.165, 1.54) is 33.4 Å². The Kier molecular flexibility index (Phi) is 6.04. The molecular formula is C19H15F3O3S2. The summed E-state index contributed by atoms with van der Waals surface area (Å²) >= 11 is 0. The van der Waals surface area contributed by atoms with E-state index in [0.29, 0.717) is 0 Å². The molecule has 1 aliphatic rings. The fraction of sp³-hybridized carbons (Fsp3) is 0.0526. The first-order chi connectivity index (χ1) is 12.2. The topological polar surface area (TPSA) is 54.4 Å². The minimum absolute atomic E-state index is 0. The van der Waals surface area contributed by atoms with Gasteiger partial charge >= 0.3 is 15.6 Å². The maximum Gasteiger partial charge on any atom is 0.522 e. The van der Waals surface area contributed by atoms with E-state index in [4.69, 9.17) is 13.0 Å². The van der Waals surface area contributed by atoms with E-state index in [1.807, 2.05) is 0 Å². The fourth-order valence-corrected chi connectivity index (χ4v) is 2.80. The Labute approximate surface area is 161 Å². The van der Waals surface area contributed by atoms with Crippen molar-refractivity contribution in [2.24, 2.45) is 0 Å². The lowest BCUT2D eigenvalue weighted by molar-refractivity contribution is -0.0510. The van der Waals surface area contributed by atoms with Gasteiger partial charge in [-0.2, -0.15) is 35.1 Å². The van der Waals surface area contributed by atoms with Crippen molar-refractivity contribution < 1.29 is 26.1 Å². The van der Waals surface area contributed by atoms with E-state index < -0.39 is 15.6 Å². The van der Waals surface area contributed by atoms with E-state index in [-0.39, 0.29) is 13.5 Å². The minimum Gasteiger partial charge on any atom is -0.279 e. The maximum absolute atomic E-state index is 10.7. The molecule has 142 valence electrons. The molecule has 1 aliphatic carbocycles. The summed E-state index contributed by atoms with van der Waals surface area (Å²) in [4.78, 5) is 0. The van der Waals surface area contributed by atoms with Crippen LogP contribution in [0.5, 0.6) is 0 Å². The molecule has 3 aromatic rings. The van der Waals surface area contributed by atoms with Crippen molar-refractivity contribution in [1.29, 1.82) is 0 Å². The number of halogens is 3. The van der Waals surface area contributed by atoms with Crippen LogP contribution >= 0.6 is 13.5 Å². The van der Waals surface area contributed by atoms with E-state index in [1.54, 1.807) is 0 Å². The second-order valence-corrected chi connectivity index (χ2v) is 6.97. The Morgan fingerprint density at radius 2 is 1.11 bits per heavy atom. The van der Waals surface area contributed by atoms with Crippen LogP contribution in [0.2, 0.25) is 0 Å². The molecule has 0 unspecified atom stereocenters. The lowest BCUT2D eigenvalue weighted by Gasteiger charge is -2.26. The highest BCUT2D eigenvalue weighted by atomic mass is 32.2. The molecule has 0 spiro atoms. The van der Waals surface area contributed by atoms with E-state index in [9.17, 15) is 13.2 Å². The Balaban J connectivity index is 0.000000252. The van der Waals surface area contributed by atoms with E-state index in [0.717, 1.165) is 0 Å². The van der Waals surface area contributed by atoms with Gasteiger partial charge in [0.05, 0.1) is 0 Å². The Morgan fingerprint density at radius 1 is 0.667 bits per heavy atom. The Hall–Kier alpha value is -2.29. The van der Waals surface area contributed by atoms with Crippen molar-refractivity contribution in [1.82, 2.24) is 0 Å². The summed E-state index contributed by atoms with van der Waals surface area (Å²) in [5.41, 5.74) is 2.65. The molecule has 3 aromatic carbocycles. The summed E-state index contributed by atoms with van der Waals surface area (Å²) in [5.74, 6) is 0. The first kappa shape index (κ1) is 21.0. The third-order valence-corrected chi connectivity index (χ3v) is 4.51. The van der Waals surface area contributed by atoms with E-state index in [2.05, 4.69) is 72.8 Å². The normalized spacial score (nSPS) is 11.7. The Bertz CT molecular complexity index is 1030. The second-order valence-electron chi connectivity index (χ2n) is 5.56. The monoisotopic (exact) mass is 412 g/mol. The van der Waals surface area contributed by atoms with Gasteiger partial charge in [0.15, 0.2) is 0 Å². The highest BCUT2D eigenvalue weighted by Gasteiger charge is 2.44. The number of alkyl halides is 3. The van der Waals surface area contributed by atoms with Crippen molar-refractivity contribution in [3.63, 3.8) is 0 Å². The van der Waals surface area contributed by atoms with Crippen LogP contribution in [0.15, 0.2) is 72.8 Å². The highest BCUT2D eigenvalue weighted by Crippen LogP contribution is 2.51. The first-order valence-corrected chi connectivity index (χ1v) is 8.96. The van der Waals surface area contributed by atoms with Gasteiger partial charge in [-0.1, -0.05) is 72.8 Å². The van der Waals surface area contributed by atoms with Crippen molar-refractivity contribution in [2.45, 2.75) is 5.51 Å². The molecule has 0 aliphatic heterocycles. The molecule has 0 saturated heterocycles. The third kappa shape index (κ3) is 4.18. The van der Waals surface area contributed by atoms with Crippen LogP contribution in [0.3, 0.4) is 0 Å². The molecule has 3 nitrogen and oxygen atoms in total. The fourth-order valence-electron chi connectivity index (χ4n) is 2.80. The van der Waals surface area contributed by atoms with Gasteiger partial charge in [-0.25, -0.2) is 0 Å². The molecule has 8 heteroatoms. The molecule has 1 N–H and O–H groups in total. The van der Waals surface area contributed by atoms with Gasteiger partial charge in [-0.15, -0.1) is 0 Å². The van der Waals surface area contributed by atoms with Crippen LogP contribution in [0.25, 0.3) is 33.4 Å². The number of fused-ring (bicyclic) bond motifs is 4. The molecule has 0 radical (unpaired) electrons. The zero-order valence-electron chi connectivity index (χ0n) is 13.7. The second kappa shape index (κ2) is 7.75. The van der Waals surface area contributed by atoms with Crippen molar-refractivity contribution in [3.05, 3.63) is 72.8 Å². The van der Waals surface area contributed by atoms with Crippen LogP contribution in [-0.4, -0.2) is 18.5 Å². The Morgan fingerprint density at radius 3 is 1.67 bits per heavy atom. The van der Waals surface area contributed by atoms with Gasteiger partial charge in [0, 0.05) is 0 Å². The highest BCUT2D eigenvalue weighted by molar-refractivity contribution is 7.86. The summed E-state index contributed by atoms with van der Waals surface area (Å²) in [6, 6.07) is 25.8. The van der Waals surface area contributed by atoms with E-state index >= 15 is 0 Å². The quantitative estimate of drug-likeness (QED) is 0.331. The van der Waals surface area contributed by atoms with Gasteiger partial charge in [-0.3, -0.25) is 4.55 Å². The summed E-state index contributed by atoms with van der Waals surface area (Å²) < 4.78 is 57.5. The SMILES string of the molecule is O=S(=O)(O)C(F)(F)F.S.c1ccc(-c2cccc3c2-c2ccccc2-3)cc1. The molecular weight excluding hydrogens is 397 g/mol. The number of rotatable bonds is 1. The smallest absolute Gasteiger partial charge is 0.279 e. The van der Waals surface area contributed by atoms with Crippen LogP contribution in [-0.2, 0) is 10.1 Å². The maximum atomic E-state index is 10.7. The van der Waals surface area contributed by atoms with Crippen molar-refractivity contribution in [3.8, 4) is 33.4 Å². The molecule has 0 atom stereocenters. The molecule has 4 rings (SSSR count). The van der Waals surface area contributed by atoms with Crippen LogP contribution in [0.1, 0.15) is 0 Å². The minimum atomic E-state index is -5.84. The van der Waals surface area contributed by atoms with Crippen LogP contribution < -0.4 is 0 Å². The summed E-state index contributed by atoms with van der Waals surface area (Å²) in [7, 11) is -5.84. The molecule has 0 amide bonds. The molecule has 0 heterocycles. The van der Waals surface area contributed by atoms with Gasteiger partial charge < -0.3 is 0 Å². The standard InChI is InChI=1S/C18H12.CHF3O3S.H2S/c1-2-7-13(8-3-1)14-11-6-12-17-15-9-4-5-10-16(15)18(14)17;2-1(3,4)8(5,6)7;/h1-12H;(H,5,6,7);1H2. The van der Waals surface area contributed by atoms with Gasteiger partial charge in [0.1, 0.15) is 0 Å². The van der Waals surface area contributed by atoms with Crippen LogP contribution in [0.4, 0.5) is 13.2 Å². The average molecular weight is 412 g/mol. The molecule has 0 fully saturated rings. The zero-order chi connectivity index (χ0) is 18.9. The number of hydrogen-bond donors (Lipinski definition) is 1. The lowest BCUT2D eigenvalue weighted by atomic mass is 9.77. The average Bonchev–Trinajstić information content (AvgIpc) is 2.58. The molecule has 27 heavy (non-hydrogen) atoms. The van der Waals surface area contributed by atoms with Gasteiger partial charge in [-0.05, 0) is 33.4 Å². The number of benzene rings is 3. The lowest BCUT2D eigenvalue weighted by Crippen LogP contribution is -2.21. The zero-order valence-corrected chi connectivity index (χ0v) is 15.6. The molecule has 0 saturated carbocycles.